The van der Waals surface area contributed by atoms with Gasteiger partial charge in [0.15, 0.2) is 0 Å². The van der Waals surface area contributed by atoms with Crippen molar-refractivity contribution in [1.82, 2.24) is 5.32 Å². The zero-order valence-electron chi connectivity index (χ0n) is 8.24. The molecule has 3 rings (SSSR count). The Labute approximate surface area is 93.6 Å². The minimum Gasteiger partial charge on any atom is -0.352 e. The number of rotatable bonds is 1. The molecule has 2 bridgehead atoms. The summed E-state index contributed by atoms with van der Waals surface area (Å²) in [6.45, 7) is 0. The van der Waals surface area contributed by atoms with E-state index in [-0.39, 0.29) is 11.8 Å². The predicted octanol–water partition coefficient (Wildman–Crippen LogP) is 2.33. The number of halogens is 1. The molecule has 1 aromatic rings. The smallest absolute Gasteiger partial charge is 0.223 e. The van der Waals surface area contributed by atoms with E-state index < -0.39 is 0 Å². The lowest BCUT2D eigenvalue weighted by atomic mass is 9.91. The maximum Gasteiger partial charge on any atom is 0.223 e. The maximum absolute atomic E-state index is 11.3. The van der Waals surface area contributed by atoms with Gasteiger partial charge >= 0.3 is 0 Å². The molecule has 1 aliphatic heterocycles. The van der Waals surface area contributed by atoms with Crippen molar-refractivity contribution in [1.29, 1.82) is 0 Å². The van der Waals surface area contributed by atoms with Gasteiger partial charge in [-0.3, -0.25) is 4.79 Å². The fraction of sp³-hybridized carbons (Fsp3) is 0.417. The Kier molecular flexibility index (Phi) is 1.99. The first-order valence-corrected chi connectivity index (χ1v) is 5.67. The van der Waals surface area contributed by atoms with Crippen molar-refractivity contribution >= 4 is 17.5 Å². The minimum absolute atomic E-state index is 0.241. The molecule has 3 heteroatoms. The van der Waals surface area contributed by atoms with Gasteiger partial charge in [-0.15, -0.1) is 0 Å². The molecule has 0 unspecified atom stereocenters. The number of piperidine rings is 1. The second kappa shape index (κ2) is 3.24. The van der Waals surface area contributed by atoms with Gasteiger partial charge in [-0.25, -0.2) is 0 Å². The van der Waals surface area contributed by atoms with Crippen LogP contribution in [0.5, 0.6) is 0 Å². The molecule has 1 amide bonds. The van der Waals surface area contributed by atoms with Gasteiger partial charge < -0.3 is 5.32 Å². The highest BCUT2D eigenvalue weighted by Gasteiger charge is 2.45. The lowest BCUT2D eigenvalue weighted by Gasteiger charge is -2.22. The molecule has 1 aromatic carbocycles. The lowest BCUT2D eigenvalue weighted by molar-refractivity contribution is -0.123. The lowest BCUT2D eigenvalue weighted by Crippen LogP contribution is -2.35. The Hall–Kier alpha value is -1.02. The molecule has 1 saturated heterocycles. The Morgan fingerprint density at radius 3 is 2.47 bits per heavy atom. The molecule has 3 atom stereocenters. The van der Waals surface area contributed by atoms with Crippen molar-refractivity contribution in [2.75, 3.05) is 0 Å². The molecule has 2 nitrogen and oxygen atoms in total. The Bertz CT molecular complexity index is 401. The molecular weight excluding hydrogens is 210 g/mol. The molecule has 1 N–H and O–H groups in total. The van der Waals surface area contributed by atoms with Crippen molar-refractivity contribution in [3.05, 3.63) is 34.9 Å². The van der Waals surface area contributed by atoms with Gasteiger partial charge in [-0.1, -0.05) is 23.7 Å². The Morgan fingerprint density at radius 1 is 1.20 bits per heavy atom. The highest BCUT2D eigenvalue weighted by molar-refractivity contribution is 6.30. The van der Waals surface area contributed by atoms with Gasteiger partial charge in [0.25, 0.3) is 0 Å². The van der Waals surface area contributed by atoms with E-state index in [2.05, 4.69) is 17.4 Å². The second-order valence-electron chi connectivity index (χ2n) is 4.44. The van der Waals surface area contributed by atoms with Crippen LogP contribution in [0.4, 0.5) is 0 Å². The SMILES string of the molecule is O=C1N[C@@H]2C[C@H]1C[C@H]2c1ccc(Cl)cc1. The molecule has 15 heavy (non-hydrogen) atoms. The van der Waals surface area contributed by atoms with Crippen LogP contribution in [-0.4, -0.2) is 11.9 Å². The zero-order chi connectivity index (χ0) is 10.4. The largest absolute Gasteiger partial charge is 0.352 e. The van der Waals surface area contributed by atoms with E-state index in [1.807, 2.05) is 12.1 Å². The van der Waals surface area contributed by atoms with E-state index in [1.165, 1.54) is 5.56 Å². The summed E-state index contributed by atoms with van der Waals surface area (Å²) in [5, 5.41) is 3.81. The van der Waals surface area contributed by atoms with Gasteiger partial charge in [0.2, 0.25) is 5.91 Å². The Morgan fingerprint density at radius 2 is 1.93 bits per heavy atom. The zero-order valence-corrected chi connectivity index (χ0v) is 9.00. The van der Waals surface area contributed by atoms with Crippen LogP contribution >= 0.6 is 11.6 Å². The van der Waals surface area contributed by atoms with Crippen LogP contribution in [0.25, 0.3) is 0 Å². The van der Waals surface area contributed by atoms with Gasteiger partial charge in [0.1, 0.15) is 0 Å². The van der Waals surface area contributed by atoms with Crippen LogP contribution in [0.3, 0.4) is 0 Å². The van der Waals surface area contributed by atoms with Gasteiger partial charge in [-0.2, -0.15) is 0 Å². The summed E-state index contributed by atoms with van der Waals surface area (Å²) in [6, 6.07) is 8.33. The van der Waals surface area contributed by atoms with Crippen LogP contribution in [0, 0.1) is 5.92 Å². The molecule has 1 saturated carbocycles. The number of amides is 1. The number of carbonyl (C=O) groups is 1. The summed E-state index contributed by atoms with van der Waals surface area (Å²) >= 11 is 5.85. The highest BCUT2D eigenvalue weighted by atomic mass is 35.5. The van der Waals surface area contributed by atoms with E-state index in [9.17, 15) is 4.79 Å². The molecule has 0 spiro atoms. The van der Waals surface area contributed by atoms with E-state index in [0.717, 1.165) is 17.9 Å². The molecular formula is C12H12ClNO. The molecule has 2 fully saturated rings. The van der Waals surface area contributed by atoms with Crippen molar-refractivity contribution < 1.29 is 4.79 Å². The summed E-state index contributed by atoms with van der Waals surface area (Å²) in [7, 11) is 0. The second-order valence-corrected chi connectivity index (χ2v) is 4.88. The number of hydrogen-bond donors (Lipinski definition) is 1. The fourth-order valence-electron chi connectivity index (χ4n) is 2.79. The fourth-order valence-corrected chi connectivity index (χ4v) is 2.92. The topological polar surface area (TPSA) is 29.1 Å². The highest BCUT2D eigenvalue weighted by Crippen LogP contribution is 2.42. The third kappa shape index (κ3) is 1.44. The summed E-state index contributed by atoms with van der Waals surface area (Å²) in [4.78, 5) is 11.3. The first-order chi connectivity index (χ1) is 7.24. The number of benzene rings is 1. The average Bonchev–Trinajstić information content (AvgIpc) is 2.77. The Balaban J connectivity index is 1.85. The predicted molar refractivity (Wildman–Crippen MR) is 58.8 cm³/mol. The minimum atomic E-state index is 0.241. The van der Waals surface area contributed by atoms with E-state index in [1.54, 1.807) is 0 Å². The molecule has 1 heterocycles. The third-order valence-corrected chi connectivity index (χ3v) is 3.81. The van der Waals surface area contributed by atoms with Crippen LogP contribution in [0.2, 0.25) is 5.02 Å². The first kappa shape index (κ1) is 9.22. The first-order valence-electron chi connectivity index (χ1n) is 5.30. The monoisotopic (exact) mass is 221 g/mol. The van der Waals surface area contributed by atoms with Crippen molar-refractivity contribution in [3.63, 3.8) is 0 Å². The summed E-state index contributed by atoms with van der Waals surface area (Å²) in [5.41, 5.74) is 1.30. The van der Waals surface area contributed by atoms with Crippen LogP contribution in [-0.2, 0) is 4.79 Å². The summed E-state index contributed by atoms with van der Waals surface area (Å²) < 4.78 is 0. The number of hydrogen-bond acceptors (Lipinski definition) is 1. The maximum atomic E-state index is 11.3. The van der Waals surface area contributed by atoms with Crippen molar-refractivity contribution in [2.45, 2.75) is 24.8 Å². The number of fused-ring (bicyclic) bond motifs is 2. The molecule has 0 aromatic heterocycles. The van der Waals surface area contributed by atoms with Gasteiger partial charge in [0.05, 0.1) is 0 Å². The third-order valence-electron chi connectivity index (χ3n) is 3.56. The van der Waals surface area contributed by atoms with Crippen molar-refractivity contribution in [2.24, 2.45) is 5.92 Å². The number of nitrogens with one attached hydrogen (secondary N) is 1. The van der Waals surface area contributed by atoms with Gasteiger partial charge in [0, 0.05) is 22.9 Å². The van der Waals surface area contributed by atoms with Crippen molar-refractivity contribution in [3.8, 4) is 0 Å². The van der Waals surface area contributed by atoms with Gasteiger partial charge in [-0.05, 0) is 30.5 Å². The molecule has 0 radical (unpaired) electrons. The van der Waals surface area contributed by atoms with E-state index >= 15 is 0 Å². The molecule has 1 aliphatic carbocycles. The average molecular weight is 222 g/mol. The van der Waals surface area contributed by atoms with Crippen LogP contribution < -0.4 is 5.32 Å². The standard InChI is InChI=1S/C12H12ClNO/c13-9-3-1-7(2-4-9)10-5-8-6-11(10)14-12(8)15/h1-4,8,10-11H,5-6H2,(H,14,15)/t8-,10+,11-/m1/s1. The van der Waals surface area contributed by atoms with Crippen LogP contribution in [0.15, 0.2) is 24.3 Å². The normalized spacial score (nSPS) is 33.1. The summed E-state index contributed by atoms with van der Waals surface area (Å²) in [5.74, 6) is 0.978. The van der Waals surface area contributed by atoms with E-state index in [4.69, 9.17) is 11.6 Å². The van der Waals surface area contributed by atoms with E-state index in [0.29, 0.717) is 12.0 Å². The quantitative estimate of drug-likeness (QED) is 0.775. The molecule has 78 valence electrons. The summed E-state index contributed by atoms with van der Waals surface area (Å²) in [6.07, 6.45) is 2.00. The van der Waals surface area contributed by atoms with Crippen LogP contribution in [0.1, 0.15) is 24.3 Å². The number of carbonyl (C=O) groups excluding carboxylic acids is 1. The molecule has 2 aliphatic rings.